The van der Waals surface area contributed by atoms with Gasteiger partial charge >= 0.3 is 0 Å². The quantitative estimate of drug-likeness (QED) is 0.717. The molecule has 2 nitrogen and oxygen atoms in total. The average Bonchev–Trinajstić information content (AvgIpc) is 2.27. The zero-order chi connectivity index (χ0) is 9.97. The van der Waals surface area contributed by atoms with Crippen LogP contribution in [0.2, 0.25) is 0 Å². The summed E-state index contributed by atoms with van der Waals surface area (Å²) in [6.07, 6.45) is 3.21. The Balaban J connectivity index is 2.50. The van der Waals surface area contributed by atoms with Gasteiger partial charge in [-0.15, -0.1) is 0 Å². The minimum Gasteiger partial charge on any atom is -0.493 e. The van der Waals surface area contributed by atoms with Gasteiger partial charge in [-0.25, -0.2) is 0 Å². The summed E-state index contributed by atoms with van der Waals surface area (Å²) in [6, 6.07) is 4.31. The van der Waals surface area contributed by atoms with Crippen LogP contribution in [0.1, 0.15) is 24.5 Å². The van der Waals surface area contributed by atoms with Crippen LogP contribution in [0.15, 0.2) is 12.1 Å². The molecule has 1 aromatic carbocycles. The molecule has 0 saturated carbocycles. The van der Waals surface area contributed by atoms with Crippen molar-refractivity contribution in [1.29, 1.82) is 0 Å². The van der Waals surface area contributed by atoms with E-state index in [1.165, 1.54) is 11.1 Å². The largest absolute Gasteiger partial charge is 0.493 e. The lowest BCUT2D eigenvalue weighted by atomic mass is 10.0. The molecule has 0 bridgehead atoms. The highest BCUT2D eigenvalue weighted by Gasteiger charge is 2.17. The maximum absolute atomic E-state index is 5.66. The number of hydrogen-bond acceptors (Lipinski definition) is 2. The van der Waals surface area contributed by atoms with E-state index in [1.54, 1.807) is 7.11 Å². The fourth-order valence-corrected chi connectivity index (χ4v) is 1.94. The Kier molecular flexibility index (Phi) is 2.62. The van der Waals surface area contributed by atoms with E-state index in [0.29, 0.717) is 0 Å². The minimum absolute atomic E-state index is 0.816. The summed E-state index contributed by atoms with van der Waals surface area (Å²) in [5, 5.41) is 0. The molecule has 1 heterocycles. The molecule has 0 fully saturated rings. The van der Waals surface area contributed by atoms with Gasteiger partial charge in [0.25, 0.3) is 0 Å². The van der Waals surface area contributed by atoms with Crippen LogP contribution in [-0.4, -0.2) is 13.7 Å². The summed E-state index contributed by atoms with van der Waals surface area (Å²) in [6.45, 7) is 2.95. The van der Waals surface area contributed by atoms with Gasteiger partial charge in [0.05, 0.1) is 13.7 Å². The molecule has 1 aromatic rings. The molecule has 0 saturated heterocycles. The molecule has 0 aromatic heterocycles. The van der Waals surface area contributed by atoms with E-state index in [9.17, 15) is 0 Å². The molecule has 0 atom stereocenters. The molecule has 0 spiro atoms. The van der Waals surface area contributed by atoms with E-state index in [4.69, 9.17) is 9.47 Å². The zero-order valence-electron chi connectivity index (χ0n) is 8.80. The lowest BCUT2D eigenvalue weighted by Crippen LogP contribution is -2.10. The van der Waals surface area contributed by atoms with Gasteiger partial charge in [-0.3, -0.25) is 0 Å². The van der Waals surface area contributed by atoms with Gasteiger partial charge in [0, 0.05) is 0 Å². The predicted octanol–water partition coefficient (Wildman–Crippen LogP) is 2.58. The van der Waals surface area contributed by atoms with E-state index < -0.39 is 0 Å². The van der Waals surface area contributed by atoms with Crippen LogP contribution < -0.4 is 9.47 Å². The molecule has 1 aliphatic rings. The molecular weight excluding hydrogens is 176 g/mol. The molecule has 0 unspecified atom stereocenters. The molecule has 0 amide bonds. The van der Waals surface area contributed by atoms with E-state index in [0.717, 1.165) is 37.4 Å². The Morgan fingerprint density at radius 3 is 3.00 bits per heavy atom. The third kappa shape index (κ3) is 1.45. The summed E-state index contributed by atoms with van der Waals surface area (Å²) in [7, 11) is 1.72. The fraction of sp³-hybridized carbons (Fsp3) is 0.500. The van der Waals surface area contributed by atoms with Crippen molar-refractivity contribution in [3.63, 3.8) is 0 Å². The van der Waals surface area contributed by atoms with Crippen molar-refractivity contribution in [2.24, 2.45) is 0 Å². The SMILES string of the molecule is CCc1ccc2c(c1OC)OCCC2. The summed E-state index contributed by atoms with van der Waals surface area (Å²) >= 11 is 0. The number of aryl methyl sites for hydroxylation is 2. The van der Waals surface area contributed by atoms with Crippen LogP contribution >= 0.6 is 0 Å². The molecule has 0 aliphatic carbocycles. The average molecular weight is 192 g/mol. The zero-order valence-corrected chi connectivity index (χ0v) is 8.80. The first-order valence-electron chi connectivity index (χ1n) is 5.18. The van der Waals surface area contributed by atoms with Crippen LogP contribution in [0, 0.1) is 0 Å². The maximum Gasteiger partial charge on any atom is 0.164 e. The third-order valence-electron chi connectivity index (χ3n) is 2.70. The predicted molar refractivity (Wildman–Crippen MR) is 56.2 cm³/mol. The second-order valence-electron chi connectivity index (χ2n) is 3.55. The van der Waals surface area contributed by atoms with Crippen LogP contribution in [0.5, 0.6) is 11.5 Å². The Labute approximate surface area is 84.8 Å². The fourth-order valence-electron chi connectivity index (χ4n) is 1.94. The Hall–Kier alpha value is -1.18. The Morgan fingerprint density at radius 2 is 2.29 bits per heavy atom. The normalized spacial score (nSPS) is 14.4. The summed E-state index contributed by atoms with van der Waals surface area (Å²) in [4.78, 5) is 0. The van der Waals surface area contributed by atoms with E-state index in [-0.39, 0.29) is 0 Å². The van der Waals surface area contributed by atoms with E-state index >= 15 is 0 Å². The van der Waals surface area contributed by atoms with Gasteiger partial charge in [-0.05, 0) is 30.4 Å². The van der Waals surface area contributed by atoms with Gasteiger partial charge in [0.1, 0.15) is 0 Å². The number of benzene rings is 1. The van der Waals surface area contributed by atoms with Crippen molar-refractivity contribution in [1.82, 2.24) is 0 Å². The first kappa shape index (κ1) is 9.38. The van der Waals surface area contributed by atoms with Crippen LogP contribution in [-0.2, 0) is 12.8 Å². The summed E-state index contributed by atoms with van der Waals surface area (Å²) in [5.74, 6) is 1.91. The number of hydrogen-bond donors (Lipinski definition) is 0. The lowest BCUT2D eigenvalue weighted by Gasteiger charge is -2.21. The maximum atomic E-state index is 5.66. The van der Waals surface area contributed by atoms with Gasteiger partial charge in [-0.2, -0.15) is 0 Å². The highest BCUT2D eigenvalue weighted by Crippen LogP contribution is 2.37. The van der Waals surface area contributed by atoms with Gasteiger partial charge < -0.3 is 9.47 Å². The van der Waals surface area contributed by atoms with Crippen molar-refractivity contribution in [2.45, 2.75) is 26.2 Å². The van der Waals surface area contributed by atoms with Crippen LogP contribution in [0.25, 0.3) is 0 Å². The van der Waals surface area contributed by atoms with Crippen molar-refractivity contribution >= 4 is 0 Å². The molecule has 2 heteroatoms. The molecule has 0 radical (unpaired) electrons. The van der Waals surface area contributed by atoms with Gasteiger partial charge in [0.2, 0.25) is 0 Å². The molecular formula is C12H16O2. The molecule has 76 valence electrons. The molecule has 1 aliphatic heterocycles. The highest BCUT2D eigenvalue weighted by molar-refractivity contribution is 5.52. The van der Waals surface area contributed by atoms with Gasteiger partial charge in [0.15, 0.2) is 11.5 Å². The minimum atomic E-state index is 0.816. The smallest absolute Gasteiger partial charge is 0.164 e. The second-order valence-corrected chi connectivity index (χ2v) is 3.55. The number of methoxy groups -OCH3 is 1. The monoisotopic (exact) mass is 192 g/mol. The standard InChI is InChI=1S/C12H16O2/c1-3-9-6-7-10-5-4-8-14-12(10)11(9)13-2/h6-7H,3-5,8H2,1-2H3. The number of fused-ring (bicyclic) bond motifs is 1. The summed E-state index contributed by atoms with van der Waals surface area (Å²) < 4.78 is 11.1. The van der Waals surface area contributed by atoms with Crippen LogP contribution in [0.4, 0.5) is 0 Å². The van der Waals surface area contributed by atoms with E-state index in [1.807, 2.05) is 0 Å². The Morgan fingerprint density at radius 1 is 1.43 bits per heavy atom. The second kappa shape index (κ2) is 3.91. The Bertz CT molecular complexity index is 316. The van der Waals surface area contributed by atoms with Crippen molar-refractivity contribution in [3.8, 4) is 11.5 Å². The lowest BCUT2D eigenvalue weighted by molar-refractivity contribution is 0.268. The first-order chi connectivity index (χ1) is 6.86. The van der Waals surface area contributed by atoms with Crippen LogP contribution in [0.3, 0.4) is 0 Å². The third-order valence-corrected chi connectivity index (χ3v) is 2.70. The first-order valence-corrected chi connectivity index (χ1v) is 5.18. The van der Waals surface area contributed by atoms with Crippen molar-refractivity contribution in [3.05, 3.63) is 23.3 Å². The molecule has 14 heavy (non-hydrogen) atoms. The van der Waals surface area contributed by atoms with Gasteiger partial charge in [-0.1, -0.05) is 19.1 Å². The number of rotatable bonds is 2. The summed E-state index contributed by atoms with van der Waals surface area (Å²) in [5.41, 5.74) is 2.51. The topological polar surface area (TPSA) is 18.5 Å². The number of ether oxygens (including phenoxy) is 2. The molecule has 0 N–H and O–H groups in total. The van der Waals surface area contributed by atoms with Crippen molar-refractivity contribution in [2.75, 3.05) is 13.7 Å². The molecule has 2 rings (SSSR count). The van der Waals surface area contributed by atoms with E-state index in [2.05, 4.69) is 19.1 Å². The van der Waals surface area contributed by atoms with Crippen molar-refractivity contribution < 1.29 is 9.47 Å². The highest BCUT2D eigenvalue weighted by atomic mass is 16.5.